The molecule has 0 radical (unpaired) electrons. The van der Waals surface area contributed by atoms with Crippen molar-refractivity contribution < 1.29 is 28.5 Å². The van der Waals surface area contributed by atoms with Gasteiger partial charge in [-0.1, -0.05) is 139 Å². The van der Waals surface area contributed by atoms with E-state index >= 15 is 0 Å². The van der Waals surface area contributed by atoms with Gasteiger partial charge in [0.2, 0.25) is 5.52 Å². The van der Waals surface area contributed by atoms with Gasteiger partial charge in [0.05, 0.1) is 0 Å². The lowest BCUT2D eigenvalue weighted by Gasteiger charge is -2.18. The average molecular weight is 648 g/mol. The van der Waals surface area contributed by atoms with E-state index in [9.17, 15) is 0 Å². The highest BCUT2D eigenvalue weighted by Crippen LogP contribution is 2.37. The summed E-state index contributed by atoms with van der Waals surface area (Å²) in [5.74, 6) is 0. The van der Waals surface area contributed by atoms with Crippen LogP contribution in [0.15, 0.2) is 140 Å². The summed E-state index contributed by atoms with van der Waals surface area (Å²) in [5, 5.41) is 1.27. The maximum atomic E-state index is 2.38. The van der Waals surface area contributed by atoms with Crippen molar-refractivity contribution in [2.75, 3.05) is 0 Å². The summed E-state index contributed by atoms with van der Waals surface area (Å²) in [6.45, 7) is 3.16. The van der Waals surface area contributed by atoms with Gasteiger partial charge in [-0.15, -0.1) is 0 Å². The van der Waals surface area contributed by atoms with Crippen molar-refractivity contribution in [3.63, 3.8) is 0 Å². The van der Waals surface area contributed by atoms with Crippen molar-refractivity contribution in [3.05, 3.63) is 172 Å². The molecule has 40 heavy (non-hydrogen) atoms. The average Bonchev–Trinajstić information content (AvgIpc) is 3.38. The van der Waals surface area contributed by atoms with Gasteiger partial charge in [0, 0.05) is 12.1 Å². The summed E-state index contributed by atoms with van der Waals surface area (Å²) >= 11 is 1.84. The van der Waals surface area contributed by atoms with Crippen LogP contribution in [-0.2, 0) is 6.54 Å². The molecule has 0 bridgehead atoms. The summed E-state index contributed by atoms with van der Waals surface area (Å²) in [6, 6.07) is 49.8. The normalized spacial score (nSPS) is 10.9. The number of thiazole rings is 1. The zero-order valence-corrected chi connectivity index (χ0v) is 25.3. The van der Waals surface area contributed by atoms with Crippen LogP contribution in [0.2, 0.25) is 0 Å². The molecule has 6 rings (SSSR count). The Labute approximate surface area is 257 Å². The van der Waals surface area contributed by atoms with Crippen LogP contribution in [0.3, 0.4) is 0 Å². The summed E-state index contributed by atoms with van der Waals surface area (Å²) in [6.07, 6.45) is 4.47. The number of halogens is 1. The highest BCUT2D eigenvalue weighted by atomic mass is 127. The predicted octanol–water partition coefficient (Wildman–Crippen LogP) is 6.39. The molecule has 0 aliphatic carbocycles. The summed E-state index contributed by atoms with van der Waals surface area (Å²) in [4.78, 5) is 0. The van der Waals surface area contributed by atoms with Gasteiger partial charge in [0.15, 0.2) is 0 Å². The Kier molecular flexibility index (Phi) is 9.04. The van der Waals surface area contributed by atoms with Crippen molar-refractivity contribution in [3.8, 4) is 0 Å². The van der Waals surface area contributed by atoms with Gasteiger partial charge in [0.1, 0.15) is 11.2 Å². The zero-order valence-electron chi connectivity index (χ0n) is 22.4. The Balaban J connectivity index is 0.00000323. The molecule has 0 spiro atoms. The SMILES string of the molecule is CC[n+]1c(/C=C/c2ccc(C(=C(c3ccccc3)c3ccccc3)c3ccccc3)cc2)sc2ccccc21.[I-]. The van der Waals surface area contributed by atoms with Crippen molar-refractivity contribution >= 4 is 44.9 Å². The number of para-hydroxylation sites is 1. The topological polar surface area (TPSA) is 3.88 Å². The molecule has 0 saturated heterocycles. The smallest absolute Gasteiger partial charge is 0.262 e. The second-order valence-corrected chi connectivity index (χ2v) is 10.5. The second-order valence-electron chi connectivity index (χ2n) is 9.46. The van der Waals surface area contributed by atoms with Crippen LogP contribution in [0.25, 0.3) is 33.5 Å². The van der Waals surface area contributed by atoms with E-state index in [-0.39, 0.29) is 24.0 Å². The van der Waals surface area contributed by atoms with Gasteiger partial charge in [-0.3, -0.25) is 0 Å². The molecule has 196 valence electrons. The highest BCUT2D eigenvalue weighted by Gasteiger charge is 2.17. The van der Waals surface area contributed by atoms with E-state index in [1.165, 1.54) is 54.2 Å². The summed E-state index contributed by atoms with van der Waals surface area (Å²) in [7, 11) is 0. The van der Waals surface area contributed by atoms with Crippen LogP contribution >= 0.6 is 11.3 Å². The third-order valence-electron chi connectivity index (χ3n) is 7.01. The minimum absolute atomic E-state index is 0. The molecular formula is C37H30INS. The molecule has 5 aromatic carbocycles. The fourth-order valence-electron chi connectivity index (χ4n) is 5.16. The largest absolute Gasteiger partial charge is 1.00 e. The zero-order chi connectivity index (χ0) is 26.4. The van der Waals surface area contributed by atoms with Crippen LogP contribution in [0.5, 0.6) is 0 Å². The van der Waals surface area contributed by atoms with E-state index in [0.717, 1.165) is 6.54 Å². The molecule has 1 aromatic heterocycles. The van der Waals surface area contributed by atoms with Gasteiger partial charge in [-0.05, 0) is 58.0 Å². The Hall–Kier alpha value is -3.80. The third-order valence-corrected chi connectivity index (χ3v) is 8.14. The molecule has 3 heteroatoms. The van der Waals surface area contributed by atoms with Crippen LogP contribution in [0.1, 0.15) is 39.7 Å². The fourth-order valence-corrected chi connectivity index (χ4v) is 6.29. The van der Waals surface area contributed by atoms with Gasteiger partial charge in [-0.2, -0.15) is 4.57 Å². The van der Waals surface area contributed by atoms with Gasteiger partial charge >= 0.3 is 0 Å². The molecule has 0 saturated carbocycles. The van der Waals surface area contributed by atoms with E-state index in [2.05, 4.69) is 163 Å². The van der Waals surface area contributed by atoms with E-state index in [0.29, 0.717) is 0 Å². The minimum atomic E-state index is 0. The third kappa shape index (κ3) is 5.86. The summed E-state index contributed by atoms with van der Waals surface area (Å²) < 4.78 is 3.70. The number of benzene rings is 5. The maximum absolute atomic E-state index is 2.38. The molecule has 1 heterocycles. The number of hydrogen-bond acceptors (Lipinski definition) is 1. The van der Waals surface area contributed by atoms with Gasteiger partial charge < -0.3 is 24.0 Å². The molecular weight excluding hydrogens is 617 g/mol. The molecule has 0 fully saturated rings. The fraction of sp³-hybridized carbons (Fsp3) is 0.0541. The molecule has 0 aliphatic rings. The number of aromatic nitrogens is 1. The van der Waals surface area contributed by atoms with Crippen LogP contribution < -0.4 is 28.5 Å². The number of aryl methyl sites for hydroxylation is 1. The maximum Gasteiger partial charge on any atom is 0.262 e. The quantitative estimate of drug-likeness (QED) is 0.108. The summed E-state index contributed by atoms with van der Waals surface area (Å²) in [5.41, 5.74) is 9.78. The first-order valence-electron chi connectivity index (χ1n) is 13.4. The first kappa shape index (κ1) is 27.8. The van der Waals surface area contributed by atoms with Crippen molar-refractivity contribution in [2.24, 2.45) is 0 Å². The van der Waals surface area contributed by atoms with Crippen molar-refractivity contribution in [2.45, 2.75) is 13.5 Å². The standard InChI is InChI=1S/C37H30NS.HI/c1-2-38-33-20-12-13-21-34(33)39-35(38)27-24-28-22-25-32(26-23-28)37(31-18-10-5-11-19-31)36(29-14-6-3-7-15-29)30-16-8-4-9-17-30;/h3-27H,2H2,1H3;1H/q+1;/p-1/b27-24+;. The highest BCUT2D eigenvalue weighted by molar-refractivity contribution is 7.18. The molecule has 0 amide bonds. The monoisotopic (exact) mass is 647 g/mol. The van der Waals surface area contributed by atoms with Crippen LogP contribution in [-0.4, -0.2) is 0 Å². The lowest BCUT2D eigenvalue weighted by atomic mass is 9.85. The van der Waals surface area contributed by atoms with E-state index < -0.39 is 0 Å². The van der Waals surface area contributed by atoms with Gasteiger partial charge in [-0.25, -0.2) is 0 Å². The van der Waals surface area contributed by atoms with Crippen LogP contribution in [0.4, 0.5) is 0 Å². The molecule has 1 nitrogen and oxygen atoms in total. The molecule has 0 unspecified atom stereocenters. The Morgan fingerprint density at radius 3 is 1.50 bits per heavy atom. The lowest BCUT2D eigenvalue weighted by molar-refractivity contribution is -0.665. The van der Waals surface area contributed by atoms with Crippen LogP contribution in [0, 0.1) is 0 Å². The van der Waals surface area contributed by atoms with E-state index in [1.807, 2.05) is 11.3 Å². The van der Waals surface area contributed by atoms with Gasteiger partial charge in [0.25, 0.3) is 5.01 Å². The molecule has 0 N–H and O–H groups in total. The Bertz CT molecular complexity index is 1710. The number of hydrogen-bond donors (Lipinski definition) is 0. The van der Waals surface area contributed by atoms with Crippen molar-refractivity contribution in [1.29, 1.82) is 0 Å². The second kappa shape index (κ2) is 13.0. The van der Waals surface area contributed by atoms with E-state index in [1.54, 1.807) is 0 Å². The Morgan fingerprint density at radius 1 is 0.550 bits per heavy atom. The number of rotatable bonds is 7. The predicted molar refractivity (Wildman–Crippen MR) is 167 cm³/mol. The Morgan fingerprint density at radius 2 is 1.00 bits per heavy atom. The number of nitrogens with zero attached hydrogens (tertiary/aromatic N) is 1. The molecule has 6 aromatic rings. The van der Waals surface area contributed by atoms with E-state index in [4.69, 9.17) is 0 Å². The lowest BCUT2D eigenvalue weighted by Crippen LogP contribution is -3.00. The molecule has 0 aliphatic heterocycles. The molecule has 0 atom stereocenters. The number of fused-ring (bicyclic) bond motifs is 1. The first-order valence-corrected chi connectivity index (χ1v) is 14.2. The minimum Gasteiger partial charge on any atom is -1.00 e. The first-order chi connectivity index (χ1) is 19.3. The van der Waals surface area contributed by atoms with Crippen molar-refractivity contribution in [1.82, 2.24) is 0 Å².